The maximum Gasteiger partial charge on any atom is 0.233 e. The molecule has 2 rings (SSSR count). The van der Waals surface area contributed by atoms with E-state index < -0.39 is 0 Å². The molecule has 0 radical (unpaired) electrons. The lowest BCUT2D eigenvalue weighted by atomic mass is 10.2. The van der Waals surface area contributed by atoms with Gasteiger partial charge < -0.3 is 4.90 Å². The van der Waals surface area contributed by atoms with E-state index in [2.05, 4.69) is 36.2 Å². The molecule has 0 aliphatic rings. The van der Waals surface area contributed by atoms with Gasteiger partial charge in [-0.1, -0.05) is 23.8 Å². The van der Waals surface area contributed by atoms with Gasteiger partial charge in [-0.25, -0.2) is 0 Å². The van der Waals surface area contributed by atoms with Crippen molar-refractivity contribution in [2.45, 2.75) is 31.7 Å². The fourth-order valence-electron chi connectivity index (χ4n) is 2.28. The lowest BCUT2D eigenvalue weighted by Gasteiger charge is -2.21. The summed E-state index contributed by atoms with van der Waals surface area (Å²) in [6.45, 7) is 5.03. The molecule has 0 N–H and O–H groups in total. The van der Waals surface area contributed by atoms with Gasteiger partial charge in [-0.3, -0.25) is 9.78 Å². The first-order chi connectivity index (χ1) is 11.6. The summed E-state index contributed by atoms with van der Waals surface area (Å²) in [4.78, 5) is 19.5. The number of thioether (sulfide) groups is 1. The van der Waals surface area contributed by atoms with Crippen LogP contribution < -0.4 is 0 Å². The first-order valence-electron chi connectivity index (χ1n) is 7.84. The Morgan fingerprint density at radius 1 is 1.33 bits per heavy atom. The monoisotopic (exact) mass is 339 g/mol. The van der Waals surface area contributed by atoms with E-state index in [1.165, 1.54) is 11.1 Å². The van der Waals surface area contributed by atoms with Crippen LogP contribution in [0.1, 0.15) is 23.1 Å². The van der Waals surface area contributed by atoms with Gasteiger partial charge >= 0.3 is 0 Å². The van der Waals surface area contributed by atoms with Crippen LogP contribution in [0.25, 0.3) is 0 Å². The van der Waals surface area contributed by atoms with Gasteiger partial charge in [0.05, 0.1) is 18.2 Å². The van der Waals surface area contributed by atoms with Gasteiger partial charge in [0.2, 0.25) is 5.91 Å². The Balaban J connectivity index is 2.01. The number of carbonyl (C=O) groups is 1. The zero-order chi connectivity index (χ0) is 17.4. The summed E-state index contributed by atoms with van der Waals surface area (Å²) in [7, 11) is 0. The molecule has 24 heavy (non-hydrogen) atoms. The molecule has 0 unspecified atom stereocenters. The van der Waals surface area contributed by atoms with Crippen LogP contribution in [0.2, 0.25) is 0 Å². The van der Waals surface area contributed by atoms with Crippen LogP contribution in [-0.4, -0.2) is 28.1 Å². The summed E-state index contributed by atoms with van der Waals surface area (Å²) < 4.78 is 0. The number of nitriles is 1. The molecule has 124 valence electrons. The largest absolute Gasteiger partial charge is 0.337 e. The number of nitrogens with zero attached hydrogens (tertiary/aromatic N) is 3. The maximum absolute atomic E-state index is 12.6. The molecule has 0 saturated carbocycles. The SMILES string of the molecule is Cc1ccc(C)c(SCC(=O)N(CCC#N)Cc2cccnc2)c1. The highest BCUT2D eigenvalue weighted by Gasteiger charge is 2.15. The van der Waals surface area contributed by atoms with Crippen LogP contribution in [0, 0.1) is 25.2 Å². The van der Waals surface area contributed by atoms with Crippen molar-refractivity contribution in [1.29, 1.82) is 5.26 Å². The number of hydrogen-bond donors (Lipinski definition) is 0. The van der Waals surface area contributed by atoms with Crippen molar-refractivity contribution in [2.75, 3.05) is 12.3 Å². The molecule has 0 fully saturated rings. The van der Waals surface area contributed by atoms with Crippen molar-refractivity contribution in [2.24, 2.45) is 0 Å². The Kier molecular flexibility index (Phi) is 6.83. The first kappa shape index (κ1) is 18.0. The molecule has 0 atom stereocenters. The number of hydrogen-bond acceptors (Lipinski definition) is 4. The molecule has 0 spiro atoms. The minimum absolute atomic E-state index is 0.0417. The topological polar surface area (TPSA) is 57.0 Å². The van der Waals surface area contributed by atoms with E-state index in [0.717, 1.165) is 10.5 Å². The second kappa shape index (κ2) is 9.09. The first-order valence-corrected chi connectivity index (χ1v) is 8.82. The maximum atomic E-state index is 12.6. The van der Waals surface area contributed by atoms with Crippen molar-refractivity contribution in [3.8, 4) is 6.07 Å². The number of benzene rings is 1. The molecule has 2 aromatic rings. The van der Waals surface area contributed by atoms with Crippen molar-refractivity contribution < 1.29 is 4.79 Å². The number of aromatic nitrogens is 1. The molecular formula is C19H21N3OS. The van der Waals surface area contributed by atoms with E-state index in [9.17, 15) is 4.79 Å². The number of carbonyl (C=O) groups excluding carboxylic acids is 1. The summed E-state index contributed by atoms with van der Waals surface area (Å²) in [6, 6.07) is 12.2. The molecule has 4 nitrogen and oxygen atoms in total. The summed E-state index contributed by atoms with van der Waals surface area (Å²) in [5, 5.41) is 8.83. The standard InChI is InChI=1S/C19H21N3OS/c1-15-6-7-16(2)18(11-15)24-14-19(23)22(10-4-8-20)13-17-5-3-9-21-12-17/h3,5-7,9,11-12H,4,10,13-14H2,1-2H3. The van der Waals surface area contributed by atoms with E-state index in [1.807, 2.05) is 19.1 Å². The predicted molar refractivity (Wildman–Crippen MR) is 96.5 cm³/mol. The average molecular weight is 339 g/mol. The van der Waals surface area contributed by atoms with Crippen molar-refractivity contribution in [3.63, 3.8) is 0 Å². The molecule has 5 heteroatoms. The lowest BCUT2D eigenvalue weighted by Crippen LogP contribution is -2.32. The second-order valence-electron chi connectivity index (χ2n) is 5.64. The van der Waals surface area contributed by atoms with Crippen molar-refractivity contribution >= 4 is 17.7 Å². The number of rotatable bonds is 7. The summed E-state index contributed by atoms with van der Waals surface area (Å²) in [5.41, 5.74) is 3.34. The number of amides is 1. The van der Waals surface area contributed by atoms with Gasteiger partial charge in [0.1, 0.15) is 0 Å². The molecule has 1 aromatic heterocycles. The molecule has 0 saturated heterocycles. The highest BCUT2D eigenvalue weighted by molar-refractivity contribution is 8.00. The van der Waals surface area contributed by atoms with Gasteiger partial charge in [-0.15, -0.1) is 11.8 Å². The lowest BCUT2D eigenvalue weighted by molar-refractivity contribution is -0.128. The van der Waals surface area contributed by atoms with Crippen LogP contribution >= 0.6 is 11.8 Å². The second-order valence-corrected chi connectivity index (χ2v) is 6.66. The smallest absolute Gasteiger partial charge is 0.233 e. The van der Waals surface area contributed by atoms with Gasteiger partial charge in [-0.2, -0.15) is 5.26 Å². The summed E-state index contributed by atoms with van der Waals surface area (Å²) in [5.74, 6) is 0.413. The fraction of sp³-hybridized carbons (Fsp3) is 0.316. The van der Waals surface area contributed by atoms with Gasteiger partial charge in [0, 0.05) is 30.4 Å². The summed E-state index contributed by atoms with van der Waals surface area (Å²) in [6.07, 6.45) is 3.80. The normalized spacial score (nSPS) is 10.2. The quantitative estimate of drug-likeness (QED) is 0.721. The van der Waals surface area contributed by atoms with Crippen molar-refractivity contribution in [1.82, 2.24) is 9.88 Å². The predicted octanol–water partition coefficient (Wildman–Crippen LogP) is 3.73. The van der Waals surface area contributed by atoms with E-state index in [0.29, 0.717) is 25.3 Å². The van der Waals surface area contributed by atoms with Crippen LogP contribution in [0.15, 0.2) is 47.6 Å². The molecule has 0 bridgehead atoms. The van der Waals surface area contributed by atoms with Crippen LogP contribution in [-0.2, 0) is 11.3 Å². The summed E-state index contributed by atoms with van der Waals surface area (Å²) >= 11 is 1.55. The van der Waals surface area contributed by atoms with Crippen LogP contribution in [0.5, 0.6) is 0 Å². The Morgan fingerprint density at radius 3 is 2.88 bits per heavy atom. The third-order valence-corrected chi connectivity index (χ3v) is 4.78. The third kappa shape index (κ3) is 5.39. The Morgan fingerprint density at radius 2 is 2.17 bits per heavy atom. The van der Waals surface area contributed by atoms with E-state index in [4.69, 9.17) is 5.26 Å². The molecule has 1 amide bonds. The molecular weight excluding hydrogens is 318 g/mol. The minimum atomic E-state index is 0.0417. The number of aryl methyl sites for hydroxylation is 2. The van der Waals surface area contributed by atoms with Crippen molar-refractivity contribution in [3.05, 3.63) is 59.4 Å². The molecule has 0 aliphatic carbocycles. The van der Waals surface area contributed by atoms with E-state index in [1.54, 1.807) is 29.1 Å². The van der Waals surface area contributed by atoms with Gasteiger partial charge in [0.25, 0.3) is 0 Å². The number of pyridine rings is 1. The van der Waals surface area contributed by atoms with Gasteiger partial charge in [-0.05, 0) is 37.1 Å². The van der Waals surface area contributed by atoms with E-state index >= 15 is 0 Å². The highest BCUT2D eigenvalue weighted by atomic mass is 32.2. The molecule has 1 aromatic carbocycles. The fourth-order valence-corrected chi connectivity index (χ4v) is 3.31. The van der Waals surface area contributed by atoms with E-state index in [-0.39, 0.29) is 5.91 Å². The van der Waals surface area contributed by atoms with Gasteiger partial charge in [0.15, 0.2) is 0 Å². The molecule has 0 aliphatic heterocycles. The Bertz CT molecular complexity index is 725. The zero-order valence-electron chi connectivity index (χ0n) is 14.0. The highest BCUT2D eigenvalue weighted by Crippen LogP contribution is 2.24. The molecule has 1 heterocycles. The van der Waals surface area contributed by atoms with Crippen LogP contribution in [0.3, 0.4) is 0 Å². The Hall–Kier alpha value is -2.32. The minimum Gasteiger partial charge on any atom is -0.337 e. The average Bonchev–Trinajstić information content (AvgIpc) is 2.60. The third-order valence-electron chi connectivity index (χ3n) is 3.64. The Labute approximate surface area is 147 Å². The van der Waals surface area contributed by atoms with Crippen LogP contribution in [0.4, 0.5) is 0 Å². The zero-order valence-corrected chi connectivity index (χ0v) is 14.8.